The van der Waals surface area contributed by atoms with E-state index in [1.165, 1.54) is 167 Å². The van der Waals surface area contributed by atoms with E-state index in [-0.39, 0.29) is 36.0 Å². The van der Waals surface area contributed by atoms with Gasteiger partial charge in [0.2, 0.25) is 0 Å². The molecule has 0 aliphatic rings. The molecular formula is C62H106O6. The number of hydrogen-bond donors (Lipinski definition) is 0. The summed E-state index contributed by atoms with van der Waals surface area (Å²) in [6, 6.07) is 5.34. The van der Waals surface area contributed by atoms with E-state index >= 15 is 0 Å². The van der Waals surface area contributed by atoms with Gasteiger partial charge in [-0.05, 0) is 114 Å². The lowest BCUT2D eigenvalue weighted by Gasteiger charge is -2.13. The maximum Gasteiger partial charge on any atom is 0.311 e. The molecule has 0 aromatic heterocycles. The molecule has 0 saturated carbocycles. The summed E-state index contributed by atoms with van der Waals surface area (Å²) in [7, 11) is 0. The molecule has 0 unspecified atom stereocenters. The summed E-state index contributed by atoms with van der Waals surface area (Å²) in [6.07, 6.45) is 62.7. The molecule has 0 aliphatic carbocycles. The average Bonchev–Trinajstić information content (AvgIpc) is 3.33. The molecule has 1 aromatic carbocycles. The van der Waals surface area contributed by atoms with Crippen LogP contribution in [0, 0.1) is 0 Å². The quantitative estimate of drug-likeness (QED) is 0.0280. The van der Waals surface area contributed by atoms with E-state index in [0.717, 1.165) is 89.0 Å². The maximum atomic E-state index is 13.1. The van der Waals surface area contributed by atoms with E-state index in [9.17, 15) is 14.4 Å². The highest BCUT2D eigenvalue weighted by Crippen LogP contribution is 2.30. The Balaban J connectivity index is 2.46. The van der Waals surface area contributed by atoms with Crippen molar-refractivity contribution in [2.45, 2.75) is 297 Å². The van der Waals surface area contributed by atoms with E-state index in [1.807, 2.05) is 6.07 Å². The average molecular weight is 948 g/mol. The van der Waals surface area contributed by atoms with Crippen LogP contribution >= 0.6 is 0 Å². The molecule has 0 spiro atoms. The molecule has 0 fully saturated rings. The molecule has 0 bridgehead atoms. The van der Waals surface area contributed by atoms with Gasteiger partial charge in [0.25, 0.3) is 0 Å². The number of allylic oxidation sites excluding steroid dienone is 6. The summed E-state index contributed by atoms with van der Waals surface area (Å²) in [5.41, 5.74) is 0.861. The maximum absolute atomic E-state index is 13.1. The molecule has 0 amide bonds. The first-order valence-electron chi connectivity index (χ1n) is 29.1. The van der Waals surface area contributed by atoms with Crippen LogP contribution in [0.25, 0.3) is 0 Å². The largest absolute Gasteiger partial charge is 0.465 e. The molecular weight excluding hydrogens is 841 g/mol. The molecule has 0 heterocycles. The number of unbranched alkanes of at least 4 members (excludes halogenated alkanes) is 33. The summed E-state index contributed by atoms with van der Waals surface area (Å²) in [5.74, 6) is -0.269. The Bertz CT molecular complexity index is 1390. The van der Waals surface area contributed by atoms with Crippen molar-refractivity contribution in [2.75, 3.05) is 6.61 Å². The minimum Gasteiger partial charge on any atom is -0.465 e. The van der Waals surface area contributed by atoms with Gasteiger partial charge in [-0.3, -0.25) is 14.4 Å². The van der Waals surface area contributed by atoms with Crippen LogP contribution < -0.4 is 9.47 Å². The fourth-order valence-electron chi connectivity index (χ4n) is 8.59. The fraction of sp³-hybridized carbons (Fsp3) is 0.758. The van der Waals surface area contributed by atoms with Crippen molar-refractivity contribution < 1.29 is 28.6 Å². The highest BCUT2D eigenvalue weighted by Gasteiger charge is 2.16. The Hall–Kier alpha value is -3.15. The van der Waals surface area contributed by atoms with E-state index in [2.05, 4.69) is 57.2 Å². The molecule has 6 nitrogen and oxygen atoms in total. The Morgan fingerprint density at radius 3 is 1.00 bits per heavy atom. The smallest absolute Gasteiger partial charge is 0.311 e. The van der Waals surface area contributed by atoms with Crippen LogP contribution in [0.5, 0.6) is 11.5 Å². The van der Waals surface area contributed by atoms with Crippen molar-refractivity contribution in [3.8, 4) is 11.5 Å². The summed E-state index contributed by atoms with van der Waals surface area (Å²) in [4.78, 5) is 38.5. The van der Waals surface area contributed by atoms with Crippen molar-refractivity contribution in [1.29, 1.82) is 0 Å². The van der Waals surface area contributed by atoms with Crippen LogP contribution in [0.2, 0.25) is 0 Å². The molecule has 6 heteroatoms. The van der Waals surface area contributed by atoms with Crippen molar-refractivity contribution in [1.82, 2.24) is 0 Å². The van der Waals surface area contributed by atoms with Gasteiger partial charge < -0.3 is 14.2 Å². The number of carbonyl (C=O) groups is 3. The van der Waals surface area contributed by atoms with Crippen LogP contribution in [-0.2, 0) is 25.5 Å². The zero-order valence-corrected chi connectivity index (χ0v) is 44.8. The van der Waals surface area contributed by atoms with Crippen LogP contribution in [0.4, 0.5) is 0 Å². The van der Waals surface area contributed by atoms with Gasteiger partial charge in [-0.1, -0.05) is 217 Å². The lowest BCUT2D eigenvalue weighted by Crippen LogP contribution is -2.13. The third-order valence-electron chi connectivity index (χ3n) is 13.0. The normalized spacial score (nSPS) is 11.7. The second-order valence-corrected chi connectivity index (χ2v) is 19.7. The fourth-order valence-corrected chi connectivity index (χ4v) is 8.59. The molecule has 390 valence electrons. The van der Waals surface area contributed by atoms with Gasteiger partial charge in [0.05, 0.1) is 6.61 Å². The first-order valence-corrected chi connectivity index (χ1v) is 29.1. The molecule has 0 saturated heterocycles. The third-order valence-corrected chi connectivity index (χ3v) is 13.0. The summed E-state index contributed by atoms with van der Waals surface area (Å²) in [6.45, 7) is 7.04. The second kappa shape index (κ2) is 50.2. The Kier molecular flexibility index (Phi) is 46.5. The Morgan fingerprint density at radius 2 is 0.647 bits per heavy atom. The predicted octanol–water partition coefficient (Wildman–Crippen LogP) is 19.7. The summed E-state index contributed by atoms with van der Waals surface area (Å²) < 4.78 is 17.2. The lowest BCUT2D eigenvalue weighted by molar-refractivity contribution is -0.143. The monoisotopic (exact) mass is 947 g/mol. The number of benzene rings is 1. The number of hydrogen-bond acceptors (Lipinski definition) is 6. The summed E-state index contributed by atoms with van der Waals surface area (Å²) in [5, 5.41) is 0. The topological polar surface area (TPSA) is 78.9 Å². The highest BCUT2D eigenvalue weighted by molar-refractivity contribution is 5.76. The van der Waals surface area contributed by atoms with Crippen LogP contribution in [0.15, 0.2) is 54.7 Å². The zero-order valence-electron chi connectivity index (χ0n) is 44.8. The van der Waals surface area contributed by atoms with Crippen LogP contribution in [0.3, 0.4) is 0 Å². The van der Waals surface area contributed by atoms with E-state index in [4.69, 9.17) is 14.2 Å². The van der Waals surface area contributed by atoms with Crippen molar-refractivity contribution in [2.24, 2.45) is 0 Å². The molecule has 0 radical (unpaired) electrons. The lowest BCUT2D eigenvalue weighted by atomic mass is 10.1. The number of esters is 3. The van der Waals surface area contributed by atoms with Gasteiger partial charge in [0.15, 0.2) is 11.5 Å². The van der Waals surface area contributed by atoms with Gasteiger partial charge >= 0.3 is 17.9 Å². The zero-order chi connectivity index (χ0) is 49.1. The highest BCUT2D eigenvalue weighted by atomic mass is 16.6. The molecule has 0 aliphatic heterocycles. The molecule has 1 aromatic rings. The van der Waals surface area contributed by atoms with Crippen molar-refractivity contribution in [3.63, 3.8) is 0 Å². The Morgan fingerprint density at radius 1 is 0.353 bits per heavy atom. The van der Waals surface area contributed by atoms with Gasteiger partial charge in [-0.2, -0.15) is 0 Å². The summed E-state index contributed by atoms with van der Waals surface area (Å²) >= 11 is 0. The molecule has 0 atom stereocenters. The van der Waals surface area contributed by atoms with E-state index in [1.54, 1.807) is 12.1 Å². The molecule has 68 heavy (non-hydrogen) atoms. The van der Waals surface area contributed by atoms with E-state index in [0.29, 0.717) is 25.7 Å². The molecule has 1 rings (SSSR count). The van der Waals surface area contributed by atoms with Gasteiger partial charge in [-0.15, -0.1) is 0 Å². The van der Waals surface area contributed by atoms with Crippen molar-refractivity contribution in [3.05, 3.63) is 60.2 Å². The minimum atomic E-state index is -0.319. The van der Waals surface area contributed by atoms with E-state index < -0.39 is 0 Å². The standard InChI is InChI=1S/C62H106O6/c1-4-7-10-13-16-19-22-25-28-31-34-37-40-43-46-49-60(63)66-55-54-57-52-53-58(67-61(64)50-47-44-41-38-35-32-29-26-23-20-17-14-11-8-5-2)59(56-57)68-62(65)51-48-45-42-39-36-33-30-27-24-21-18-15-12-9-6-3/h25-30,52-53,56H,4-24,31-51,54-55H2,1-3H3. The van der Waals surface area contributed by atoms with Crippen molar-refractivity contribution >= 4 is 17.9 Å². The van der Waals surface area contributed by atoms with Gasteiger partial charge in [0, 0.05) is 25.7 Å². The van der Waals surface area contributed by atoms with Gasteiger partial charge in [0.1, 0.15) is 0 Å². The first kappa shape index (κ1) is 62.9. The number of carbonyl (C=O) groups excluding carboxylic acids is 3. The third kappa shape index (κ3) is 42.9. The predicted molar refractivity (Wildman–Crippen MR) is 291 cm³/mol. The van der Waals surface area contributed by atoms with Gasteiger partial charge in [-0.25, -0.2) is 0 Å². The van der Waals surface area contributed by atoms with Crippen LogP contribution in [0.1, 0.15) is 296 Å². The number of rotatable bonds is 50. The molecule has 0 N–H and O–H groups in total. The first-order chi connectivity index (χ1) is 33.5. The number of ether oxygens (including phenoxy) is 3. The van der Waals surface area contributed by atoms with Crippen LogP contribution in [-0.4, -0.2) is 24.5 Å². The minimum absolute atomic E-state index is 0.171. The SMILES string of the molecule is CCCCCCCCC=CCCCCCCCC(=O)OCCc1ccc(OC(=O)CCCCCCCC=CCCCCCCCC)c(OC(=O)CCCCCCCC=CCCCCCCCC)c1. The second-order valence-electron chi connectivity index (χ2n) is 19.7. The Labute approximate surface area is 420 Å².